The standard InChI is InChI=1S/C14H22N2O2.ClH/c1-2-18-11-8-14(17)16(10-9-15)12-13-6-4-3-5-7-13;/h3-7H,2,8-12,15H2,1H3;1H. The predicted octanol–water partition coefficient (Wildman–Crippen LogP) is 1.82. The SMILES string of the molecule is CCOCCC(=O)N(CCN)Cc1ccccc1.Cl. The van der Waals surface area contributed by atoms with Gasteiger partial charge in [0.25, 0.3) is 0 Å². The number of amides is 1. The zero-order chi connectivity index (χ0) is 13.2. The Balaban J connectivity index is 0.00000324. The van der Waals surface area contributed by atoms with Crippen molar-refractivity contribution in [3.8, 4) is 0 Å². The molecule has 0 aromatic heterocycles. The zero-order valence-corrected chi connectivity index (χ0v) is 12.2. The molecule has 0 heterocycles. The van der Waals surface area contributed by atoms with Gasteiger partial charge < -0.3 is 15.4 Å². The largest absolute Gasteiger partial charge is 0.381 e. The molecule has 0 saturated heterocycles. The molecule has 108 valence electrons. The highest BCUT2D eigenvalue weighted by Crippen LogP contribution is 2.05. The fourth-order valence-corrected chi connectivity index (χ4v) is 1.71. The van der Waals surface area contributed by atoms with Crippen molar-refractivity contribution in [1.29, 1.82) is 0 Å². The summed E-state index contributed by atoms with van der Waals surface area (Å²) in [6, 6.07) is 9.94. The third-order valence-electron chi connectivity index (χ3n) is 2.63. The molecule has 0 aliphatic heterocycles. The van der Waals surface area contributed by atoms with Crippen molar-refractivity contribution in [2.24, 2.45) is 5.73 Å². The quantitative estimate of drug-likeness (QED) is 0.742. The molecule has 0 unspecified atom stereocenters. The van der Waals surface area contributed by atoms with Gasteiger partial charge in [0.15, 0.2) is 0 Å². The highest BCUT2D eigenvalue weighted by molar-refractivity contribution is 5.85. The first-order chi connectivity index (χ1) is 8.77. The van der Waals surface area contributed by atoms with Gasteiger partial charge in [0, 0.05) is 26.2 Å². The van der Waals surface area contributed by atoms with Crippen molar-refractivity contribution in [2.45, 2.75) is 19.9 Å². The average Bonchev–Trinajstić information content (AvgIpc) is 2.39. The van der Waals surface area contributed by atoms with E-state index >= 15 is 0 Å². The van der Waals surface area contributed by atoms with Gasteiger partial charge >= 0.3 is 0 Å². The van der Waals surface area contributed by atoms with Gasteiger partial charge in [-0.05, 0) is 12.5 Å². The molecular formula is C14H23ClN2O2. The lowest BCUT2D eigenvalue weighted by atomic mass is 10.2. The third kappa shape index (κ3) is 7.15. The number of nitrogens with two attached hydrogens (primary N) is 1. The van der Waals surface area contributed by atoms with E-state index < -0.39 is 0 Å². The van der Waals surface area contributed by atoms with E-state index in [0.29, 0.717) is 39.3 Å². The fraction of sp³-hybridized carbons (Fsp3) is 0.500. The maximum atomic E-state index is 12.0. The van der Waals surface area contributed by atoms with Crippen LogP contribution in [0, 0.1) is 0 Å². The second-order valence-corrected chi connectivity index (χ2v) is 4.04. The summed E-state index contributed by atoms with van der Waals surface area (Å²) >= 11 is 0. The van der Waals surface area contributed by atoms with E-state index in [1.807, 2.05) is 37.3 Å². The summed E-state index contributed by atoms with van der Waals surface area (Å²) in [4.78, 5) is 13.8. The van der Waals surface area contributed by atoms with E-state index in [4.69, 9.17) is 10.5 Å². The maximum absolute atomic E-state index is 12.0. The fourth-order valence-electron chi connectivity index (χ4n) is 1.71. The van der Waals surface area contributed by atoms with Gasteiger partial charge in [-0.1, -0.05) is 30.3 Å². The number of hydrogen-bond donors (Lipinski definition) is 1. The molecule has 1 aromatic carbocycles. The van der Waals surface area contributed by atoms with E-state index in [1.165, 1.54) is 0 Å². The zero-order valence-electron chi connectivity index (χ0n) is 11.4. The molecule has 2 N–H and O–H groups in total. The molecule has 0 aliphatic rings. The second-order valence-electron chi connectivity index (χ2n) is 4.04. The lowest BCUT2D eigenvalue weighted by Gasteiger charge is -2.22. The van der Waals surface area contributed by atoms with Gasteiger partial charge in [0.1, 0.15) is 0 Å². The summed E-state index contributed by atoms with van der Waals surface area (Å²) in [6.07, 6.45) is 0.417. The van der Waals surface area contributed by atoms with Crippen LogP contribution in [-0.4, -0.2) is 37.1 Å². The van der Waals surface area contributed by atoms with E-state index in [2.05, 4.69) is 0 Å². The molecule has 1 rings (SSSR count). The van der Waals surface area contributed by atoms with E-state index in [9.17, 15) is 4.79 Å². The van der Waals surface area contributed by atoms with Gasteiger partial charge in [-0.2, -0.15) is 0 Å². The summed E-state index contributed by atoms with van der Waals surface area (Å²) in [7, 11) is 0. The van der Waals surface area contributed by atoms with Crippen LogP contribution in [-0.2, 0) is 16.1 Å². The highest BCUT2D eigenvalue weighted by atomic mass is 35.5. The maximum Gasteiger partial charge on any atom is 0.225 e. The lowest BCUT2D eigenvalue weighted by Crippen LogP contribution is -2.35. The molecule has 5 heteroatoms. The number of hydrogen-bond acceptors (Lipinski definition) is 3. The summed E-state index contributed by atoms with van der Waals surface area (Å²) in [5.41, 5.74) is 6.67. The topological polar surface area (TPSA) is 55.6 Å². The Kier molecular flexibility index (Phi) is 10.2. The second kappa shape index (κ2) is 10.8. The number of halogens is 1. The first-order valence-electron chi connectivity index (χ1n) is 6.37. The molecule has 1 amide bonds. The minimum absolute atomic E-state index is 0. The monoisotopic (exact) mass is 286 g/mol. The van der Waals surface area contributed by atoms with Crippen molar-refractivity contribution in [3.05, 3.63) is 35.9 Å². The molecule has 0 saturated carbocycles. The van der Waals surface area contributed by atoms with Crippen LogP contribution in [0.1, 0.15) is 18.9 Å². The molecule has 1 aromatic rings. The first-order valence-corrected chi connectivity index (χ1v) is 6.37. The molecular weight excluding hydrogens is 264 g/mol. The van der Waals surface area contributed by atoms with Crippen molar-refractivity contribution in [3.63, 3.8) is 0 Å². The predicted molar refractivity (Wildman–Crippen MR) is 79.3 cm³/mol. The molecule has 0 aliphatic carbocycles. The summed E-state index contributed by atoms with van der Waals surface area (Å²) in [5.74, 6) is 0.0951. The third-order valence-corrected chi connectivity index (χ3v) is 2.63. The lowest BCUT2D eigenvalue weighted by molar-refractivity contribution is -0.132. The highest BCUT2D eigenvalue weighted by Gasteiger charge is 2.12. The van der Waals surface area contributed by atoms with Crippen LogP contribution in [0.4, 0.5) is 0 Å². The van der Waals surface area contributed by atoms with Crippen LogP contribution in [0.15, 0.2) is 30.3 Å². The Labute approximate surface area is 121 Å². The Morgan fingerprint density at radius 1 is 1.32 bits per heavy atom. The number of benzene rings is 1. The number of rotatable bonds is 8. The molecule has 0 atom stereocenters. The van der Waals surface area contributed by atoms with Crippen LogP contribution in [0.25, 0.3) is 0 Å². The smallest absolute Gasteiger partial charge is 0.225 e. The van der Waals surface area contributed by atoms with Crippen LogP contribution in [0.2, 0.25) is 0 Å². The first kappa shape index (κ1) is 17.9. The van der Waals surface area contributed by atoms with Gasteiger partial charge in [-0.25, -0.2) is 0 Å². The Morgan fingerprint density at radius 2 is 2.00 bits per heavy atom. The van der Waals surface area contributed by atoms with Crippen LogP contribution in [0.5, 0.6) is 0 Å². The van der Waals surface area contributed by atoms with Gasteiger partial charge in [0.05, 0.1) is 13.0 Å². The summed E-state index contributed by atoms with van der Waals surface area (Å²) in [6.45, 7) is 4.72. The van der Waals surface area contributed by atoms with Crippen LogP contribution < -0.4 is 5.73 Å². The number of ether oxygens (including phenoxy) is 1. The van der Waals surface area contributed by atoms with Crippen molar-refractivity contribution in [1.82, 2.24) is 4.90 Å². The molecule has 19 heavy (non-hydrogen) atoms. The normalized spacial score (nSPS) is 9.79. The van der Waals surface area contributed by atoms with Gasteiger partial charge in [0.2, 0.25) is 5.91 Å². The van der Waals surface area contributed by atoms with Gasteiger partial charge in [-0.3, -0.25) is 4.79 Å². The molecule has 0 radical (unpaired) electrons. The van der Waals surface area contributed by atoms with Crippen LogP contribution in [0.3, 0.4) is 0 Å². The van der Waals surface area contributed by atoms with Crippen LogP contribution >= 0.6 is 12.4 Å². The molecule has 0 spiro atoms. The summed E-state index contributed by atoms with van der Waals surface area (Å²) < 4.78 is 5.20. The van der Waals surface area contributed by atoms with Crippen molar-refractivity contribution < 1.29 is 9.53 Å². The number of carbonyl (C=O) groups excluding carboxylic acids is 1. The van der Waals surface area contributed by atoms with Crippen molar-refractivity contribution in [2.75, 3.05) is 26.3 Å². The summed E-state index contributed by atoms with van der Waals surface area (Å²) in [5, 5.41) is 0. The minimum Gasteiger partial charge on any atom is -0.381 e. The minimum atomic E-state index is 0. The Bertz CT molecular complexity index is 347. The van der Waals surface area contributed by atoms with E-state index in [0.717, 1.165) is 5.56 Å². The molecule has 4 nitrogen and oxygen atoms in total. The number of nitrogens with zero attached hydrogens (tertiary/aromatic N) is 1. The van der Waals surface area contributed by atoms with Crippen molar-refractivity contribution >= 4 is 18.3 Å². The molecule has 0 fully saturated rings. The van der Waals surface area contributed by atoms with Gasteiger partial charge in [-0.15, -0.1) is 12.4 Å². The molecule has 0 bridgehead atoms. The van der Waals surface area contributed by atoms with E-state index in [-0.39, 0.29) is 18.3 Å². The van der Waals surface area contributed by atoms with E-state index in [1.54, 1.807) is 4.90 Å². The Hall–Kier alpha value is -1.10. The average molecular weight is 287 g/mol. The Morgan fingerprint density at radius 3 is 2.58 bits per heavy atom. The number of carbonyl (C=O) groups is 1.